The number of alkyl halides is 3. The average Bonchev–Trinajstić information content (AvgIpc) is 2.80. The van der Waals surface area contributed by atoms with Crippen molar-refractivity contribution in [3.63, 3.8) is 0 Å². The van der Waals surface area contributed by atoms with Gasteiger partial charge in [-0.15, -0.1) is 0 Å². The molecule has 3 rings (SSSR count). The molecule has 0 aliphatic carbocycles. The maximum Gasteiger partial charge on any atom is 0.419 e. The van der Waals surface area contributed by atoms with Gasteiger partial charge < -0.3 is 4.90 Å². The van der Waals surface area contributed by atoms with Crippen LogP contribution in [-0.4, -0.2) is 30.3 Å². The fourth-order valence-corrected chi connectivity index (χ4v) is 3.74. The van der Waals surface area contributed by atoms with Crippen LogP contribution in [0.15, 0.2) is 17.4 Å². The summed E-state index contributed by atoms with van der Waals surface area (Å²) in [5.41, 5.74) is 1.55. The molecule has 120 valence electrons. The van der Waals surface area contributed by atoms with Gasteiger partial charge in [-0.05, 0) is 38.7 Å². The monoisotopic (exact) mass is 311 g/mol. The number of aromatic nitrogens is 1. The lowest BCUT2D eigenvalue weighted by Gasteiger charge is -2.41. The van der Waals surface area contributed by atoms with Crippen molar-refractivity contribution in [3.8, 4) is 0 Å². The molecule has 2 aliphatic heterocycles. The van der Waals surface area contributed by atoms with Crippen LogP contribution in [0.5, 0.6) is 0 Å². The first-order valence-electron chi connectivity index (χ1n) is 7.62. The number of hydrogen-bond donors (Lipinski definition) is 0. The number of pyridine rings is 1. The molecule has 3 heterocycles. The molecule has 0 saturated carbocycles. The molecule has 0 aromatic carbocycles. The zero-order chi connectivity index (χ0) is 16.0. The number of hydrogen-bond acceptors (Lipinski definition) is 3. The molecule has 22 heavy (non-hydrogen) atoms. The standard InChI is InChI=1S/C16H20F3N3/c1-11-9-20-10-13(16(17,18)19)14(11)22-7-4-15(5-8-22)3-6-21-12(15)2/h9-10H,3-8H2,1-2H3. The summed E-state index contributed by atoms with van der Waals surface area (Å²) >= 11 is 0. The van der Waals surface area contributed by atoms with Gasteiger partial charge in [0.2, 0.25) is 0 Å². The van der Waals surface area contributed by atoms with Gasteiger partial charge in [-0.25, -0.2) is 0 Å². The van der Waals surface area contributed by atoms with Crippen LogP contribution in [0.3, 0.4) is 0 Å². The molecule has 1 aromatic heterocycles. The minimum absolute atomic E-state index is 0.121. The first-order valence-corrected chi connectivity index (χ1v) is 7.62. The Morgan fingerprint density at radius 1 is 1.09 bits per heavy atom. The fourth-order valence-electron chi connectivity index (χ4n) is 3.74. The van der Waals surface area contributed by atoms with Gasteiger partial charge >= 0.3 is 6.18 Å². The van der Waals surface area contributed by atoms with Crippen molar-refractivity contribution in [2.45, 2.75) is 39.3 Å². The van der Waals surface area contributed by atoms with Crippen molar-refractivity contribution in [1.82, 2.24) is 4.98 Å². The van der Waals surface area contributed by atoms with Crippen molar-refractivity contribution in [2.75, 3.05) is 24.5 Å². The quantitative estimate of drug-likeness (QED) is 0.788. The SMILES string of the molecule is CC1=NCCC12CCN(c1c(C)cncc1C(F)(F)F)CC2. The van der Waals surface area contributed by atoms with Gasteiger partial charge in [-0.3, -0.25) is 9.98 Å². The van der Waals surface area contributed by atoms with E-state index in [1.807, 2.05) is 4.90 Å². The van der Waals surface area contributed by atoms with E-state index in [0.717, 1.165) is 32.0 Å². The number of piperidine rings is 1. The number of nitrogens with zero attached hydrogens (tertiary/aromatic N) is 3. The van der Waals surface area contributed by atoms with Crippen LogP contribution in [0, 0.1) is 12.3 Å². The van der Waals surface area contributed by atoms with E-state index in [2.05, 4.69) is 16.9 Å². The van der Waals surface area contributed by atoms with E-state index in [0.29, 0.717) is 24.3 Å². The first kappa shape index (κ1) is 15.3. The number of aryl methyl sites for hydroxylation is 1. The lowest BCUT2D eigenvalue weighted by atomic mass is 9.74. The third-order valence-electron chi connectivity index (χ3n) is 5.15. The van der Waals surface area contributed by atoms with Crippen molar-refractivity contribution in [2.24, 2.45) is 10.4 Å². The van der Waals surface area contributed by atoms with Gasteiger partial charge in [-0.1, -0.05) is 0 Å². The first-order chi connectivity index (χ1) is 10.3. The molecular weight excluding hydrogens is 291 g/mol. The van der Waals surface area contributed by atoms with Gasteiger partial charge in [0.15, 0.2) is 0 Å². The van der Waals surface area contributed by atoms with Gasteiger partial charge in [-0.2, -0.15) is 13.2 Å². The Hall–Kier alpha value is -1.59. The van der Waals surface area contributed by atoms with E-state index in [1.54, 1.807) is 6.92 Å². The van der Waals surface area contributed by atoms with Gasteiger partial charge in [0.25, 0.3) is 0 Å². The molecule has 1 saturated heterocycles. The molecule has 1 fully saturated rings. The second-order valence-corrected chi connectivity index (χ2v) is 6.33. The van der Waals surface area contributed by atoms with Crippen molar-refractivity contribution >= 4 is 11.4 Å². The summed E-state index contributed by atoms with van der Waals surface area (Å²) in [6.07, 6.45) is 0.872. The topological polar surface area (TPSA) is 28.5 Å². The Balaban J connectivity index is 1.87. The molecule has 3 nitrogen and oxygen atoms in total. The van der Waals surface area contributed by atoms with Gasteiger partial charge in [0, 0.05) is 43.2 Å². The van der Waals surface area contributed by atoms with E-state index in [4.69, 9.17) is 0 Å². The second kappa shape index (κ2) is 5.25. The van der Waals surface area contributed by atoms with Crippen LogP contribution in [0.1, 0.15) is 37.3 Å². The van der Waals surface area contributed by atoms with Crippen molar-refractivity contribution in [1.29, 1.82) is 0 Å². The number of rotatable bonds is 1. The summed E-state index contributed by atoms with van der Waals surface area (Å²) in [6.45, 7) is 5.89. The van der Waals surface area contributed by atoms with E-state index in [-0.39, 0.29) is 5.41 Å². The average molecular weight is 311 g/mol. The molecule has 0 unspecified atom stereocenters. The lowest BCUT2D eigenvalue weighted by Crippen LogP contribution is -2.43. The highest BCUT2D eigenvalue weighted by Gasteiger charge is 2.42. The maximum atomic E-state index is 13.3. The fraction of sp³-hybridized carbons (Fsp3) is 0.625. The van der Waals surface area contributed by atoms with Crippen LogP contribution < -0.4 is 4.90 Å². The van der Waals surface area contributed by atoms with Crippen molar-refractivity contribution < 1.29 is 13.2 Å². The van der Waals surface area contributed by atoms with E-state index >= 15 is 0 Å². The minimum Gasteiger partial charge on any atom is -0.371 e. The van der Waals surface area contributed by atoms with Crippen molar-refractivity contribution in [3.05, 3.63) is 23.5 Å². The second-order valence-electron chi connectivity index (χ2n) is 6.33. The lowest BCUT2D eigenvalue weighted by molar-refractivity contribution is -0.137. The predicted octanol–water partition coefficient (Wildman–Crippen LogP) is 3.86. The minimum atomic E-state index is -4.37. The molecule has 1 aromatic rings. The molecule has 0 N–H and O–H groups in total. The van der Waals surface area contributed by atoms with Crippen LogP contribution in [0.2, 0.25) is 0 Å². The van der Waals surface area contributed by atoms with E-state index in [1.165, 1.54) is 11.9 Å². The van der Waals surface area contributed by atoms with Gasteiger partial charge in [0.05, 0.1) is 11.3 Å². The Bertz CT molecular complexity index is 599. The summed E-state index contributed by atoms with van der Waals surface area (Å²) in [5.74, 6) is 0. The number of anilines is 1. The smallest absolute Gasteiger partial charge is 0.371 e. The predicted molar refractivity (Wildman–Crippen MR) is 80.4 cm³/mol. The molecule has 1 spiro atoms. The molecule has 2 aliphatic rings. The Labute approximate surface area is 128 Å². The summed E-state index contributed by atoms with van der Waals surface area (Å²) in [5, 5.41) is 0. The normalized spacial score (nSPS) is 21.3. The van der Waals surface area contributed by atoms with Crippen LogP contribution in [0.25, 0.3) is 0 Å². The molecule has 0 amide bonds. The zero-order valence-corrected chi connectivity index (χ0v) is 12.9. The summed E-state index contributed by atoms with van der Waals surface area (Å²) in [6, 6.07) is 0. The molecular formula is C16H20F3N3. The Morgan fingerprint density at radius 3 is 2.32 bits per heavy atom. The molecule has 0 radical (unpaired) electrons. The largest absolute Gasteiger partial charge is 0.419 e. The highest BCUT2D eigenvalue weighted by molar-refractivity contribution is 5.89. The zero-order valence-electron chi connectivity index (χ0n) is 12.9. The highest BCUT2D eigenvalue weighted by atomic mass is 19.4. The molecule has 6 heteroatoms. The Kier molecular flexibility index (Phi) is 3.65. The van der Waals surface area contributed by atoms with E-state index < -0.39 is 11.7 Å². The van der Waals surface area contributed by atoms with E-state index in [9.17, 15) is 13.2 Å². The van der Waals surface area contributed by atoms with Crippen LogP contribution in [0.4, 0.5) is 18.9 Å². The third-order valence-corrected chi connectivity index (χ3v) is 5.15. The number of halogens is 3. The maximum absolute atomic E-state index is 13.3. The summed E-state index contributed by atoms with van der Waals surface area (Å²) < 4.78 is 39.8. The molecule has 0 bridgehead atoms. The third kappa shape index (κ3) is 2.48. The van der Waals surface area contributed by atoms with Crippen LogP contribution in [-0.2, 0) is 6.18 Å². The van der Waals surface area contributed by atoms with Gasteiger partial charge in [0.1, 0.15) is 0 Å². The molecule has 0 atom stereocenters. The summed E-state index contributed by atoms with van der Waals surface area (Å²) in [4.78, 5) is 10.1. The number of aliphatic imine (C=N–C) groups is 1. The summed E-state index contributed by atoms with van der Waals surface area (Å²) in [7, 11) is 0. The highest BCUT2D eigenvalue weighted by Crippen LogP contribution is 2.44. The van der Waals surface area contributed by atoms with Crippen LogP contribution >= 0.6 is 0 Å². The Morgan fingerprint density at radius 2 is 1.77 bits per heavy atom.